The number of rotatable bonds is 1. The summed E-state index contributed by atoms with van der Waals surface area (Å²) in [5.41, 5.74) is 0.847. The van der Waals surface area contributed by atoms with E-state index >= 15 is 0 Å². The molecule has 0 aromatic carbocycles. The van der Waals surface area contributed by atoms with Crippen molar-refractivity contribution in [1.82, 2.24) is 14.8 Å². The predicted octanol–water partition coefficient (Wildman–Crippen LogP) is 2.92. The van der Waals surface area contributed by atoms with Crippen LogP contribution in [0.25, 0.3) is 11.0 Å². The molecule has 14 heavy (non-hydrogen) atoms. The van der Waals surface area contributed by atoms with Gasteiger partial charge in [0.15, 0.2) is 5.65 Å². The zero-order valence-electron chi connectivity index (χ0n) is 7.65. The van der Waals surface area contributed by atoms with Gasteiger partial charge in [-0.1, -0.05) is 0 Å². The van der Waals surface area contributed by atoms with Gasteiger partial charge in [0.05, 0.1) is 6.04 Å². The van der Waals surface area contributed by atoms with E-state index in [0.29, 0.717) is 6.04 Å². The third-order valence-electron chi connectivity index (χ3n) is 2.79. The van der Waals surface area contributed by atoms with Crippen LogP contribution in [0.4, 0.5) is 0 Å². The molecule has 1 aliphatic carbocycles. The van der Waals surface area contributed by atoms with Gasteiger partial charge in [0, 0.05) is 22.3 Å². The Morgan fingerprint density at radius 1 is 1.43 bits per heavy atom. The summed E-state index contributed by atoms with van der Waals surface area (Å²) in [6.07, 6.45) is 7.74. The Hall–Kier alpha value is -0.900. The van der Waals surface area contributed by atoms with Crippen molar-refractivity contribution in [2.45, 2.75) is 25.3 Å². The van der Waals surface area contributed by atoms with E-state index in [1.54, 1.807) is 6.20 Å². The highest BCUT2D eigenvalue weighted by Gasteiger charge is 2.20. The SMILES string of the molecule is Brc1cnc2nn(C3CCC3)cc2c1. The molecule has 2 heterocycles. The van der Waals surface area contributed by atoms with E-state index < -0.39 is 0 Å². The molecule has 0 spiro atoms. The lowest BCUT2D eigenvalue weighted by atomic mass is 9.93. The summed E-state index contributed by atoms with van der Waals surface area (Å²) in [6.45, 7) is 0. The van der Waals surface area contributed by atoms with Crippen molar-refractivity contribution in [3.8, 4) is 0 Å². The topological polar surface area (TPSA) is 30.7 Å². The molecule has 1 saturated carbocycles. The average molecular weight is 252 g/mol. The molecule has 0 bridgehead atoms. The Balaban J connectivity index is 2.10. The van der Waals surface area contributed by atoms with Crippen LogP contribution in [0.2, 0.25) is 0 Å². The van der Waals surface area contributed by atoms with Gasteiger partial charge in [-0.25, -0.2) is 4.98 Å². The predicted molar refractivity (Wildman–Crippen MR) is 58.1 cm³/mol. The van der Waals surface area contributed by atoms with Crippen LogP contribution in [0.15, 0.2) is 22.9 Å². The number of halogens is 1. The first-order valence-corrected chi connectivity index (χ1v) is 5.62. The summed E-state index contributed by atoms with van der Waals surface area (Å²) in [7, 11) is 0. The van der Waals surface area contributed by atoms with Crippen LogP contribution < -0.4 is 0 Å². The molecule has 0 atom stereocenters. The fourth-order valence-corrected chi connectivity index (χ4v) is 2.09. The highest BCUT2D eigenvalue weighted by molar-refractivity contribution is 9.10. The minimum atomic E-state index is 0.614. The van der Waals surface area contributed by atoms with Crippen molar-refractivity contribution in [3.63, 3.8) is 0 Å². The number of hydrogen-bond donors (Lipinski definition) is 0. The molecule has 0 amide bonds. The minimum absolute atomic E-state index is 0.614. The minimum Gasteiger partial charge on any atom is -0.267 e. The third kappa shape index (κ3) is 1.25. The quantitative estimate of drug-likeness (QED) is 0.781. The second-order valence-electron chi connectivity index (χ2n) is 3.76. The van der Waals surface area contributed by atoms with Crippen LogP contribution >= 0.6 is 15.9 Å². The maximum atomic E-state index is 4.46. The van der Waals surface area contributed by atoms with E-state index in [1.165, 1.54) is 19.3 Å². The molecule has 0 N–H and O–H groups in total. The van der Waals surface area contributed by atoms with Crippen molar-refractivity contribution in [2.75, 3.05) is 0 Å². The van der Waals surface area contributed by atoms with E-state index in [1.807, 2.05) is 0 Å². The van der Waals surface area contributed by atoms with E-state index in [9.17, 15) is 0 Å². The Labute approximate surface area is 90.3 Å². The molecular formula is C10H10BrN3. The molecule has 0 radical (unpaired) electrons. The first-order chi connectivity index (χ1) is 6.83. The van der Waals surface area contributed by atoms with Gasteiger partial charge in [-0.2, -0.15) is 5.10 Å². The van der Waals surface area contributed by atoms with Crippen molar-refractivity contribution >= 4 is 27.0 Å². The summed E-state index contributed by atoms with van der Waals surface area (Å²) < 4.78 is 3.08. The average Bonchev–Trinajstić information content (AvgIpc) is 2.43. The van der Waals surface area contributed by atoms with Crippen LogP contribution in [0.5, 0.6) is 0 Å². The summed E-state index contributed by atoms with van der Waals surface area (Å²) in [4.78, 5) is 4.26. The Bertz CT molecular complexity index is 473. The van der Waals surface area contributed by atoms with Crippen LogP contribution in [-0.2, 0) is 0 Å². The number of aromatic nitrogens is 3. The van der Waals surface area contributed by atoms with Gasteiger partial charge in [-0.05, 0) is 41.3 Å². The molecule has 2 aromatic rings. The fourth-order valence-electron chi connectivity index (χ4n) is 1.75. The largest absolute Gasteiger partial charge is 0.267 e. The lowest BCUT2D eigenvalue weighted by Gasteiger charge is -2.25. The number of fused-ring (bicyclic) bond motifs is 1. The smallest absolute Gasteiger partial charge is 0.181 e. The summed E-state index contributed by atoms with van der Waals surface area (Å²) in [6, 6.07) is 2.67. The lowest BCUT2D eigenvalue weighted by molar-refractivity contribution is 0.290. The van der Waals surface area contributed by atoms with Crippen molar-refractivity contribution in [3.05, 3.63) is 22.9 Å². The van der Waals surface area contributed by atoms with Crippen molar-refractivity contribution in [2.24, 2.45) is 0 Å². The van der Waals surface area contributed by atoms with Crippen molar-refractivity contribution in [1.29, 1.82) is 0 Å². The van der Waals surface area contributed by atoms with Gasteiger partial charge in [-0.15, -0.1) is 0 Å². The molecule has 1 aliphatic rings. The van der Waals surface area contributed by atoms with E-state index in [2.05, 4.69) is 43.0 Å². The maximum Gasteiger partial charge on any atom is 0.181 e. The number of pyridine rings is 1. The van der Waals surface area contributed by atoms with Crippen molar-refractivity contribution < 1.29 is 0 Å². The second-order valence-corrected chi connectivity index (χ2v) is 4.68. The standard InChI is InChI=1S/C10H10BrN3/c11-8-4-7-6-14(9-2-1-3-9)13-10(7)12-5-8/h4-6,9H,1-3H2. The zero-order valence-corrected chi connectivity index (χ0v) is 9.24. The molecule has 3 rings (SSSR count). The van der Waals surface area contributed by atoms with Gasteiger partial charge < -0.3 is 0 Å². The fraction of sp³-hybridized carbons (Fsp3) is 0.400. The zero-order chi connectivity index (χ0) is 9.54. The van der Waals surface area contributed by atoms with Gasteiger partial charge in [0.1, 0.15) is 0 Å². The van der Waals surface area contributed by atoms with E-state index in [0.717, 1.165) is 15.5 Å². The van der Waals surface area contributed by atoms with Crippen LogP contribution in [0.3, 0.4) is 0 Å². The van der Waals surface area contributed by atoms with Gasteiger partial charge in [0.2, 0.25) is 0 Å². The second kappa shape index (κ2) is 3.05. The van der Waals surface area contributed by atoms with Gasteiger partial charge >= 0.3 is 0 Å². The lowest BCUT2D eigenvalue weighted by Crippen LogP contribution is -2.17. The molecule has 3 nitrogen and oxygen atoms in total. The molecule has 1 fully saturated rings. The summed E-state index contributed by atoms with van der Waals surface area (Å²) in [5.74, 6) is 0. The van der Waals surface area contributed by atoms with Gasteiger partial charge in [0.25, 0.3) is 0 Å². The van der Waals surface area contributed by atoms with Gasteiger partial charge in [-0.3, -0.25) is 4.68 Å². The maximum absolute atomic E-state index is 4.46. The summed E-state index contributed by atoms with van der Waals surface area (Å²) in [5, 5.41) is 5.58. The Morgan fingerprint density at radius 2 is 2.29 bits per heavy atom. The first-order valence-electron chi connectivity index (χ1n) is 4.83. The number of hydrogen-bond acceptors (Lipinski definition) is 2. The van der Waals surface area contributed by atoms with Crippen LogP contribution in [0, 0.1) is 0 Å². The molecule has 0 unspecified atom stereocenters. The monoisotopic (exact) mass is 251 g/mol. The molecule has 0 aliphatic heterocycles. The van der Waals surface area contributed by atoms with Crippen LogP contribution in [-0.4, -0.2) is 14.8 Å². The third-order valence-corrected chi connectivity index (χ3v) is 3.23. The number of nitrogens with zero attached hydrogens (tertiary/aromatic N) is 3. The summed E-state index contributed by atoms with van der Waals surface area (Å²) >= 11 is 3.41. The van der Waals surface area contributed by atoms with E-state index in [-0.39, 0.29) is 0 Å². The molecule has 4 heteroatoms. The highest BCUT2D eigenvalue weighted by Crippen LogP contribution is 2.31. The molecule has 0 saturated heterocycles. The normalized spacial score (nSPS) is 17.2. The Morgan fingerprint density at radius 3 is 3.00 bits per heavy atom. The van der Waals surface area contributed by atoms with Crippen LogP contribution in [0.1, 0.15) is 25.3 Å². The first kappa shape index (κ1) is 8.41. The highest BCUT2D eigenvalue weighted by atomic mass is 79.9. The Kier molecular flexibility index (Phi) is 1.83. The van der Waals surface area contributed by atoms with E-state index in [4.69, 9.17) is 0 Å². The molecular weight excluding hydrogens is 242 g/mol. The molecule has 2 aromatic heterocycles. The molecule has 72 valence electrons.